The molecule has 0 aliphatic heterocycles. The summed E-state index contributed by atoms with van der Waals surface area (Å²) in [6.45, 7) is 9.60. The van der Waals surface area contributed by atoms with Crippen molar-refractivity contribution in [3.05, 3.63) is 35.6 Å². The lowest BCUT2D eigenvalue weighted by atomic mass is 10.2. The van der Waals surface area contributed by atoms with E-state index in [-0.39, 0.29) is 17.8 Å². The SMILES string of the molecule is C\C=C/C(=C\C(=C\CC)OC(C)C)C(N)=NC(=O)CC. The number of rotatable bonds is 7. The van der Waals surface area contributed by atoms with E-state index in [9.17, 15) is 4.79 Å². The van der Waals surface area contributed by atoms with Crippen molar-refractivity contribution in [3.63, 3.8) is 0 Å². The van der Waals surface area contributed by atoms with Crippen molar-refractivity contribution in [2.24, 2.45) is 10.7 Å². The number of carbonyl (C=O) groups is 1. The molecule has 0 rings (SSSR count). The smallest absolute Gasteiger partial charge is 0.247 e. The predicted molar refractivity (Wildman–Crippen MR) is 84.4 cm³/mol. The fourth-order valence-electron chi connectivity index (χ4n) is 1.43. The Morgan fingerprint density at radius 3 is 2.45 bits per heavy atom. The van der Waals surface area contributed by atoms with Crippen LogP contribution in [0.1, 0.15) is 47.5 Å². The summed E-state index contributed by atoms with van der Waals surface area (Å²) < 4.78 is 5.70. The number of hydrogen-bond donors (Lipinski definition) is 1. The average Bonchev–Trinajstić information content (AvgIpc) is 2.37. The van der Waals surface area contributed by atoms with Crippen LogP contribution < -0.4 is 5.73 Å². The van der Waals surface area contributed by atoms with Gasteiger partial charge in [0.1, 0.15) is 11.6 Å². The molecule has 0 aromatic heterocycles. The molecular weight excluding hydrogens is 252 g/mol. The number of nitrogens with zero attached hydrogens (tertiary/aromatic N) is 1. The molecule has 0 aliphatic rings. The quantitative estimate of drug-likeness (QED) is 0.335. The molecule has 0 aromatic rings. The zero-order chi connectivity index (χ0) is 15.5. The summed E-state index contributed by atoms with van der Waals surface area (Å²) in [5.41, 5.74) is 6.56. The van der Waals surface area contributed by atoms with Gasteiger partial charge in [0, 0.05) is 12.0 Å². The van der Waals surface area contributed by atoms with E-state index in [0.717, 1.165) is 12.2 Å². The van der Waals surface area contributed by atoms with Crippen LogP contribution in [0.15, 0.2) is 40.6 Å². The first kappa shape index (κ1) is 18.2. The van der Waals surface area contributed by atoms with Crippen molar-refractivity contribution in [2.75, 3.05) is 0 Å². The van der Waals surface area contributed by atoms with E-state index in [1.165, 1.54) is 0 Å². The molecule has 4 heteroatoms. The molecule has 4 nitrogen and oxygen atoms in total. The molecule has 0 radical (unpaired) electrons. The Kier molecular flexibility index (Phi) is 9.09. The maximum Gasteiger partial charge on any atom is 0.247 e. The predicted octanol–water partition coefficient (Wildman–Crippen LogP) is 3.50. The lowest BCUT2D eigenvalue weighted by Gasteiger charge is -2.12. The second kappa shape index (κ2) is 10.0. The topological polar surface area (TPSA) is 64.7 Å². The highest BCUT2D eigenvalue weighted by Crippen LogP contribution is 2.11. The highest BCUT2D eigenvalue weighted by molar-refractivity contribution is 6.05. The van der Waals surface area contributed by atoms with E-state index >= 15 is 0 Å². The van der Waals surface area contributed by atoms with Crippen LogP contribution in [0.2, 0.25) is 0 Å². The minimum Gasteiger partial charge on any atom is -0.491 e. The Morgan fingerprint density at radius 2 is 2.00 bits per heavy atom. The average molecular weight is 278 g/mol. The third kappa shape index (κ3) is 7.56. The molecule has 0 heterocycles. The van der Waals surface area contributed by atoms with Gasteiger partial charge in [-0.15, -0.1) is 0 Å². The van der Waals surface area contributed by atoms with Gasteiger partial charge in [-0.1, -0.05) is 26.0 Å². The number of amidine groups is 1. The van der Waals surface area contributed by atoms with Gasteiger partial charge in [-0.05, 0) is 39.3 Å². The number of allylic oxidation sites excluding steroid dienone is 3. The van der Waals surface area contributed by atoms with Crippen LogP contribution in [0.3, 0.4) is 0 Å². The molecule has 0 fully saturated rings. The molecule has 1 amide bonds. The van der Waals surface area contributed by atoms with Crippen molar-refractivity contribution in [3.8, 4) is 0 Å². The summed E-state index contributed by atoms with van der Waals surface area (Å²) in [5, 5.41) is 0. The first-order valence-electron chi connectivity index (χ1n) is 7.03. The number of hydrogen-bond acceptors (Lipinski definition) is 2. The Hall–Kier alpha value is -1.84. The van der Waals surface area contributed by atoms with Crippen molar-refractivity contribution < 1.29 is 9.53 Å². The normalized spacial score (nSPS) is 14.2. The Balaban J connectivity index is 5.42. The van der Waals surface area contributed by atoms with Gasteiger partial charge in [0.2, 0.25) is 5.91 Å². The summed E-state index contributed by atoms with van der Waals surface area (Å²) in [6.07, 6.45) is 8.71. The van der Waals surface area contributed by atoms with Crippen LogP contribution in [0, 0.1) is 0 Å². The minimum absolute atomic E-state index is 0.0753. The van der Waals surface area contributed by atoms with Crippen LogP contribution in [-0.2, 0) is 9.53 Å². The van der Waals surface area contributed by atoms with Crippen LogP contribution in [0.5, 0.6) is 0 Å². The molecule has 2 N–H and O–H groups in total. The van der Waals surface area contributed by atoms with Crippen LogP contribution in [0.4, 0.5) is 0 Å². The largest absolute Gasteiger partial charge is 0.491 e. The second-order valence-electron chi connectivity index (χ2n) is 4.53. The lowest BCUT2D eigenvalue weighted by Crippen LogP contribution is -2.16. The first-order valence-corrected chi connectivity index (χ1v) is 7.03. The van der Waals surface area contributed by atoms with Crippen LogP contribution in [0.25, 0.3) is 0 Å². The molecule has 0 saturated carbocycles. The monoisotopic (exact) mass is 278 g/mol. The van der Waals surface area contributed by atoms with Crippen LogP contribution in [-0.4, -0.2) is 17.8 Å². The number of ether oxygens (including phenoxy) is 1. The molecule has 20 heavy (non-hydrogen) atoms. The highest BCUT2D eigenvalue weighted by atomic mass is 16.5. The number of carbonyl (C=O) groups excluding carboxylic acids is 1. The van der Waals surface area contributed by atoms with E-state index in [1.807, 2.05) is 52.0 Å². The molecule has 0 atom stereocenters. The lowest BCUT2D eigenvalue weighted by molar-refractivity contribution is -0.117. The van der Waals surface area contributed by atoms with Crippen molar-refractivity contribution in [1.29, 1.82) is 0 Å². The van der Waals surface area contributed by atoms with E-state index < -0.39 is 0 Å². The Bertz CT molecular complexity index is 430. The van der Waals surface area contributed by atoms with E-state index in [1.54, 1.807) is 6.92 Å². The van der Waals surface area contributed by atoms with E-state index in [4.69, 9.17) is 10.5 Å². The van der Waals surface area contributed by atoms with Gasteiger partial charge < -0.3 is 10.5 Å². The fourth-order valence-corrected chi connectivity index (χ4v) is 1.43. The third-order valence-electron chi connectivity index (χ3n) is 2.26. The van der Waals surface area contributed by atoms with Gasteiger partial charge in [-0.2, -0.15) is 4.99 Å². The zero-order valence-corrected chi connectivity index (χ0v) is 13.1. The van der Waals surface area contributed by atoms with E-state index in [0.29, 0.717) is 12.0 Å². The van der Waals surface area contributed by atoms with Gasteiger partial charge in [-0.25, -0.2) is 0 Å². The standard InChI is InChI=1S/C16H26N2O2/c1-6-9-13(16(17)18-15(19)8-3)11-14(10-7-2)20-12(4)5/h6,9-12H,7-8H2,1-5H3,(H2,17,18,19)/b9-6-,13-11+,14-10-. The minimum atomic E-state index is -0.233. The second-order valence-corrected chi connectivity index (χ2v) is 4.53. The number of nitrogens with two attached hydrogens (primary N) is 1. The number of aliphatic imine (C=N–C) groups is 1. The Morgan fingerprint density at radius 1 is 1.35 bits per heavy atom. The third-order valence-corrected chi connectivity index (χ3v) is 2.26. The summed E-state index contributed by atoms with van der Waals surface area (Å²) >= 11 is 0. The molecule has 112 valence electrons. The van der Waals surface area contributed by atoms with Crippen molar-refractivity contribution >= 4 is 11.7 Å². The van der Waals surface area contributed by atoms with Gasteiger partial charge in [-0.3, -0.25) is 4.79 Å². The molecule has 0 aliphatic carbocycles. The highest BCUT2D eigenvalue weighted by Gasteiger charge is 2.05. The number of amides is 1. The summed E-state index contributed by atoms with van der Waals surface area (Å²) in [6, 6.07) is 0. The van der Waals surface area contributed by atoms with E-state index in [2.05, 4.69) is 4.99 Å². The zero-order valence-electron chi connectivity index (χ0n) is 13.1. The molecule has 0 unspecified atom stereocenters. The summed E-state index contributed by atoms with van der Waals surface area (Å²) in [7, 11) is 0. The van der Waals surface area contributed by atoms with Crippen LogP contribution >= 0.6 is 0 Å². The van der Waals surface area contributed by atoms with Gasteiger partial charge in [0.05, 0.1) is 6.10 Å². The molecule has 0 saturated heterocycles. The van der Waals surface area contributed by atoms with Crippen molar-refractivity contribution in [1.82, 2.24) is 0 Å². The fraction of sp³-hybridized carbons (Fsp3) is 0.500. The van der Waals surface area contributed by atoms with Gasteiger partial charge in [0.15, 0.2) is 0 Å². The maximum absolute atomic E-state index is 11.4. The maximum atomic E-state index is 11.4. The summed E-state index contributed by atoms with van der Waals surface area (Å²) in [5.74, 6) is 0.714. The summed E-state index contributed by atoms with van der Waals surface area (Å²) in [4.78, 5) is 15.2. The van der Waals surface area contributed by atoms with Gasteiger partial charge in [0.25, 0.3) is 0 Å². The molecular formula is C16H26N2O2. The molecule has 0 spiro atoms. The first-order chi connectivity index (χ1) is 9.44. The Labute approximate surface area is 122 Å². The van der Waals surface area contributed by atoms with Crippen molar-refractivity contribution in [2.45, 2.75) is 53.6 Å². The molecule has 0 bridgehead atoms. The molecule has 0 aromatic carbocycles. The van der Waals surface area contributed by atoms with Gasteiger partial charge >= 0.3 is 0 Å².